The van der Waals surface area contributed by atoms with Gasteiger partial charge in [-0.25, -0.2) is 23.8 Å². The predicted molar refractivity (Wildman–Crippen MR) is 104 cm³/mol. The zero-order valence-electron chi connectivity index (χ0n) is 15.2. The first kappa shape index (κ1) is 22.9. The van der Waals surface area contributed by atoms with Crippen LogP contribution in [0.3, 0.4) is 0 Å². The minimum atomic E-state index is -1.26. The summed E-state index contributed by atoms with van der Waals surface area (Å²) in [5.74, 6) is -2.30. The molecule has 0 saturated carbocycles. The summed E-state index contributed by atoms with van der Waals surface area (Å²) in [6.45, 7) is 1.88. The number of halogens is 1. The van der Waals surface area contributed by atoms with E-state index in [1.807, 2.05) is 6.92 Å². The molecule has 0 fully saturated rings. The van der Waals surface area contributed by atoms with E-state index in [1.54, 1.807) is 18.2 Å². The lowest BCUT2D eigenvalue weighted by Crippen LogP contribution is -2.13. The first-order valence-electron chi connectivity index (χ1n) is 8.08. The predicted octanol–water partition coefficient (Wildman–Crippen LogP) is 2.91. The van der Waals surface area contributed by atoms with Gasteiger partial charge >= 0.3 is 18.0 Å². The standard InChI is InChI=1S/C14H15FN4O2.C4H4O4/c1-2-8-7-11(17-10-5-3-9(15)4-6-10)18-13(16)12(8)19-14(20)21;5-3(6)1-2-4(7)8/h3-7,19H,2H2,1H3,(H,20,21)(H3,16,17,18);1-2H,(H,5,6)(H,7,8)/b;2-1-. The quantitative estimate of drug-likeness (QED) is 0.394. The molecule has 154 valence electrons. The molecule has 1 amide bonds. The third kappa shape index (κ3) is 8.39. The Morgan fingerprint density at radius 1 is 1.10 bits per heavy atom. The highest BCUT2D eigenvalue weighted by molar-refractivity contribution is 5.90. The van der Waals surface area contributed by atoms with Crippen LogP contribution >= 0.6 is 0 Å². The van der Waals surface area contributed by atoms with Gasteiger partial charge in [0.15, 0.2) is 0 Å². The molecule has 10 nitrogen and oxygen atoms in total. The van der Waals surface area contributed by atoms with E-state index < -0.39 is 18.0 Å². The number of carbonyl (C=O) groups is 3. The van der Waals surface area contributed by atoms with Gasteiger partial charge in [0.1, 0.15) is 17.5 Å². The summed E-state index contributed by atoms with van der Waals surface area (Å²) in [7, 11) is 0. The second kappa shape index (κ2) is 10.9. The van der Waals surface area contributed by atoms with E-state index >= 15 is 0 Å². The molecule has 0 aliphatic heterocycles. The van der Waals surface area contributed by atoms with Crippen molar-refractivity contribution in [3.63, 3.8) is 0 Å². The molecular weight excluding hydrogens is 387 g/mol. The summed E-state index contributed by atoms with van der Waals surface area (Å²) in [6.07, 6.45) is 0.503. The lowest BCUT2D eigenvalue weighted by molar-refractivity contribution is -0.134. The van der Waals surface area contributed by atoms with Gasteiger partial charge in [0, 0.05) is 17.8 Å². The number of hydrogen-bond acceptors (Lipinski definition) is 6. The van der Waals surface area contributed by atoms with E-state index in [4.69, 9.17) is 21.1 Å². The van der Waals surface area contributed by atoms with Crippen LogP contribution in [0.15, 0.2) is 42.5 Å². The van der Waals surface area contributed by atoms with Crippen LogP contribution in [-0.4, -0.2) is 38.3 Å². The second-order valence-corrected chi connectivity index (χ2v) is 5.35. The van der Waals surface area contributed by atoms with Crippen LogP contribution in [0.1, 0.15) is 12.5 Å². The molecular formula is C18H19FN4O6. The number of aliphatic carboxylic acids is 2. The Balaban J connectivity index is 0.000000447. The van der Waals surface area contributed by atoms with E-state index in [9.17, 15) is 18.8 Å². The Morgan fingerprint density at radius 3 is 2.10 bits per heavy atom. The zero-order chi connectivity index (χ0) is 22.0. The Morgan fingerprint density at radius 2 is 1.66 bits per heavy atom. The number of nitrogens with zero attached hydrogens (tertiary/aromatic N) is 1. The van der Waals surface area contributed by atoms with Gasteiger partial charge in [-0.05, 0) is 42.3 Å². The summed E-state index contributed by atoms with van der Waals surface area (Å²) in [6, 6.07) is 7.50. The van der Waals surface area contributed by atoms with Crippen LogP contribution in [0.4, 0.5) is 32.2 Å². The number of carboxylic acid groups (broad SMARTS) is 3. The maximum absolute atomic E-state index is 12.9. The van der Waals surface area contributed by atoms with Gasteiger partial charge in [-0.2, -0.15) is 0 Å². The summed E-state index contributed by atoms with van der Waals surface area (Å²) >= 11 is 0. The van der Waals surface area contributed by atoms with E-state index in [2.05, 4.69) is 15.6 Å². The Labute approximate surface area is 164 Å². The molecule has 1 aromatic heterocycles. The van der Waals surface area contributed by atoms with Crippen LogP contribution in [-0.2, 0) is 16.0 Å². The van der Waals surface area contributed by atoms with Crippen LogP contribution in [0.5, 0.6) is 0 Å². The molecule has 0 aliphatic rings. The van der Waals surface area contributed by atoms with E-state index in [0.717, 1.165) is 5.56 Å². The number of amides is 1. The van der Waals surface area contributed by atoms with Gasteiger partial charge in [-0.15, -0.1) is 0 Å². The van der Waals surface area contributed by atoms with Crippen molar-refractivity contribution < 1.29 is 34.1 Å². The SMILES string of the molecule is CCc1cc(Nc2ccc(F)cc2)nc(N)c1NC(=O)O.O=C(O)/C=C\C(=O)O. The molecule has 2 rings (SSSR count). The summed E-state index contributed by atoms with van der Waals surface area (Å²) in [4.78, 5) is 34.0. The fourth-order valence-electron chi connectivity index (χ4n) is 2.04. The average molecular weight is 406 g/mol. The fraction of sp³-hybridized carbons (Fsp3) is 0.111. The Kier molecular flexibility index (Phi) is 8.58. The van der Waals surface area contributed by atoms with E-state index in [1.165, 1.54) is 12.1 Å². The van der Waals surface area contributed by atoms with Gasteiger partial charge in [0.2, 0.25) is 0 Å². The van der Waals surface area contributed by atoms with Gasteiger partial charge in [-0.3, -0.25) is 5.32 Å². The first-order chi connectivity index (χ1) is 13.6. The number of nitrogens with two attached hydrogens (primary N) is 1. The van der Waals surface area contributed by atoms with Crippen molar-refractivity contribution in [1.82, 2.24) is 4.98 Å². The number of pyridine rings is 1. The monoisotopic (exact) mass is 406 g/mol. The number of aromatic nitrogens is 1. The number of nitrogens with one attached hydrogen (secondary N) is 2. The lowest BCUT2D eigenvalue weighted by Gasteiger charge is -2.13. The summed E-state index contributed by atoms with van der Waals surface area (Å²) in [5, 5.41) is 29.7. The van der Waals surface area contributed by atoms with E-state index in [0.29, 0.717) is 30.1 Å². The van der Waals surface area contributed by atoms with Gasteiger partial charge in [0.05, 0.1) is 5.69 Å². The van der Waals surface area contributed by atoms with Gasteiger partial charge in [-0.1, -0.05) is 6.92 Å². The molecule has 0 bridgehead atoms. The summed E-state index contributed by atoms with van der Waals surface area (Å²) < 4.78 is 12.9. The van der Waals surface area contributed by atoms with Crippen LogP contribution in [0.25, 0.3) is 0 Å². The molecule has 1 aromatic carbocycles. The minimum Gasteiger partial charge on any atom is -0.478 e. The Hall–Kier alpha value is -4.15. The fourth-order valence-corrected chi connectivity index (χ4v) is 2.04. The second-order valence-electron chi connectivity index (χ2n) is 5.35. The maximum atomic E-state index is 12.9. The molecule has 11 heteroatoms. The molecule has 0 unspecified atom stereocenters. The Bertz CT molecular complexity index is 899. The van der Waals surface area contributed by atoms with Crippen molar-refractivity contribution in [2.24, 2.45) is 0 Å². The third-order valence-electron chi connectivity index (χ3n) is 3.23. The number of hydrogen-bond donors (Lipinski definition) is 6. The van der Waals surface area contributed by atoms with Crippen molar-refractivity contribution in [1.29, 1.82) is 0 Å². The molecule has 0 spiro atoms. The highest BCUT2D eigenvalue weighted by atomic mass is 19.1. The highest BCUT2D eigenvalue weighted by Crippen LogP contribution is 2.27. The van der Waals surface area contributed by atoms with Crippen molar-refractivity contribution >= 4 is 41.0 Å². The molecule has 0 radical (unpaired) electrons. The third-order valence-corrected chi connectivity index (χ3v) is 3.23. The summed E-state index contributed by atoms with van der Waals surface area (Å²) in [5.41, 5.74) is 7.45. The lowest BCUT2D eigenvalue weighted by atomic mass is 10.1. The molecule has 1 heterocycles. The number of anilines is 4. The number of nitrogen functional groups attached to an aromatic ring is 1. The number of rotatable bonds is 6. The number of benzene rings is 1. The molecule has 0 saturated heterocycles. The normalized spacial score (nSPS) is 10.0. The zero-order valence-corrected chi connectivity index (χ0v) is 15.2. The highest BCUT2D eigenvalue weighted by Gasteiger charge is 2.12. The van der Waals surface area contributed by atoms with Crippen LogP contribution < -0.4 is 16.4 Å². The molecule has 2 aromatic rings. The first-order valence-corrected chi connectivity index (χ1v) is 8.08. The molecule has 0 atom stereocenters. The van der Waals surface area contributed by atoms with Gasteiger partial charge < -0.3 is 26.4 Å². The van der Waals surface area contributed by atoms with Crippen molar-refractivity contribution in [3.8, 4) is 0 Å². The largest absolute Gasteiger partial charge is 0.478 e. The van der Waals surface area contributed by atoms with E-state index in [-0.39, 0.29) is 17.3 Å². The average Bonchev–Trinajstić information content (AvgIpc) is 2.64. The maximum Gasteiger partial charge on any atom is 0.409 e. The van der Waals surface area contributed by atoms with Crippen LogP contribution in [0.2, 0.25) is 0 Å². The number of aryl methyl sites for hydroxylation is 1. The molecule has 0 aliphatic carbocycles. The molecule has 29 heavy (non-hydrogen) atoms. The smallest absolute Gasteiger partial charge is 0.409 e. The van der Waals surface area contributed by atoms with Gasteiger partial charge in [0.25, 0.3) is 0 Å². The minimum absolute atomic E-state index is 0.0846. The van der Waals surface area contributed by atoms with Crippen molar-refractivity contribution in [2.75, 3.05) is 16.4 Å². The number of carboxylic acids is 2. The van der Waals surface area contributed by atoms with Crippen LogP contribution in [0, 0.1) is 5.82 Å². The van der Waals surface area contributed by atoms with Crippen molar-refractivity contribution in [2.45, 2.75) is 13.3 Å². The van der Waals surface area contributed by atoms with Crippen molar-refractivity contribution in [3.05, 3.63) is 53.9 Å². The molecule has 7 N–H and O–H groups in total. The topological polar surface area (TPSA) is 175 Å².